The monoisotopic (exact) mass is 121 g/mol. The summed E-state index contributed by atoms with van der Waals surface area (Å²) in [4.78, 5) is 7.15. The van der Waals surface area contributed by atoms with Crippen LogP contribution in [0.2, 0.25) is 0 Å². The Morgan fingerprint density at radius 1 is 1.89 bits per heavy atom. The van der Waals surface area contributed by atoms with Crippen molar-refractivity contribution < 1.29 is 0 Å². The average Bonchev–Trinajstić information content (AvgIpc) is 2.17. The van der Waals surface area contributed by atoms with Crippen molar-refractivity contribution in [3.8, 4) is 0 Å². The molecular weight excluding hydrogens is 114 g/mol. The molecule has 0 bridgehead atoms. The normalized spacial score (nSPS) is 8.89. The van der Waals surface area contributed by atoms with E-state index in [1.165, 1.54) is 0 Å². The van der Waals surface area contributed by atoms with Crippen LogP contribution in [0, 0.1) is 6.57 Å². The van der Waals surface area contributed by atoms with Crippen LogP contribution in [-0.4, -0.2) is 9.55 Å². The largest absolute Gasteiger partial charge is 0.340 e. The van der Waals surface area contributed by atoms with Gasteiger partial charge in [-0.1, -0.05) is 0 Å². The van der Waals surface area contributed by atoms with Gasteiger partial charge in [0, 0.05) is 13.2 Å². The van der Waals surface area contributed by atoms with E-state index in [4.69, 9.17) is 6.57 Å². The van der Waals surface area contributed by atoms with Gasteiger partial charge in [0.05, 0.1) is 6.33 Å². The van der Waals surface area contributed by atoms with Crippen molar-refractivity contribution in [2.24, 2.45) is 7.05 Å². The van der Waals surface area contributed by atoms with Gasteiger partial charge in [0.2, 0.25) is 0 Å². The molecule has 0 radical (unpaired) electrons. The Labute approximate surface area is 53.8 Å². The molecule has 0 unspecified atom stereocenters. The van der Waals surface area contributed by atoms with E-state index in [1.807, 2.05) is 17.8 Å². The Balaban J connectivity index is 2.76. The van der Waals surface area contributed by atoms with Crippen LogP contribution in [0.15, 0.2) is 12.5 Å². The van der Waals surface area contributed by atoms with Crippen LogP contribution in [0.3, 0.4) is 0 Å². The number of aromatic nitrogens is 2. The molecule has 0 aliphatic heterocycles. The summed E-state index contributed by atoms with van der Waals surface area (Å²) in [6, 6.07) is 0. The van der Waals surface area contributed by atoms with Gasteiger partial charge in [-0.2, -0.15) is 0 Å². The van der Waals surface area contributed by atoms with Crippen LogP contribution >= 0.6 is 0 Å². The molecule has 1 rings (SSSR count). The molecule has 0 amide bonds. The summed E-state index contributed by atoms with van der Waals surface area (Å²) in [7, 11) is 1.89. The molecule has 1 aromatic rings. The molecule has 3 nitrogen and oxygen atoms in total. The fourth-order valence-electron chi connectivity index (χ4n) is 0.630. The Hall–Kier alpha value is -1.30. The molecule has 0 spiro atoms. The van der Waals surface area contributed by atoms with Gasteiger partial charge in [0.25, 0.3) is 6.54 Å². The molecule has 3 heteroatoms. The van der Waals surface area contributed by atoms with E-state index in [9.17, 15) is 0 Å². The van der Waals surface area contributed by atoms with Crippen molar-refractivity contribution in [3.63, 3.8) is 0 Å². The molecule has 0 saturated heterocycles. The van der Waals surface area contributed by atoms with Crippen LogP contribution in [0.5, 0.6) is 0 Å². The zero-order chi connectivity index (χ0) is 6.69. The first-order chi connectivity index (χ1) is 4.33. The van der Waals surface area contributed by atoms with Crippen molar-refractivity contribution in [2.45, 2.75) is 6.54 Å². The molecule has 0 aromatic carbocycles. The molecule has 0 saturated carbocycles. The fraction of sp³-hybridized carbons (Fsp3) is 0.333. The lowest BCUT2D eigenvalue weighted by molar-refractivity contribution is 0.912. The van der Waals surface area contributed by atoms with E-state index in [-0.39, 0.29) is 0 Å². The van der Waals surface area contributed by atoms with Crippen molar-refractivity contribution in [1.82, 2.24) is 9.55 Å². The minimum atomic E-state index is 0.390. The molecule has 0 aliphatic rings. The molecule has 1 aromatic heterocycles. The Bertz CT molecular complexity index is 231. The first-order valence-corrected chi connectivity index (χ1v) is 2.63. The number of nitrogens with zero attached hydrogens (tertiary/aromatic N) is 3. The van der Waals surface area contributed by atoms with E-state index in [0.29, 0.717) is 6.54 Å². The molecule has 46 valence electrons. The van der Waals surface area contributed by atoms with Gasteiger partial charge < -0.3 is 9.41 Å². The summed E-state index contributed by atoms with van der Waals surface area (Å²) in [5.41, 5.74) is 0.840. The molecule has 0 N–H and O–H groups in total. The van der Waals surface area contributed by atoms with Crippen LogP contribution < -0.4 is 0 Å². The minimum absolute atomic E-state index is 0.390. The SMILES string of the molecule is [C-]#[N+]Cc1cn(C)cn1. The summed E-state index contributed by atoms with van der Waals surface area (Å²) in [5.74, 6) is 0. The number of aryl methyl sites for hydroxylation is 1. The first kappa shape index (κ1) is 5.83. The zero-order valence-corrected chi connectivity index (χ0v) is 5.20. The molecule has 0 aliphatic carbocycles. The number of hydrogen-bond donors (Lipinski definition) is 0. The standard InChI is InChI=1S/C6H7N3/c1-7-3-6-4-9(2)5-8-6/h4-5H,3H2,2H3. The third-order valence-electron chi connectivity index (χ3n) is 0.999. The Morgan fingerprint density at radius 3 is 3.11 bits per heavy atom. The highest BCUT2D eigenvalue weighted by Crippen LogP contribution is 1.94. The topological polar surface area (TPSA) is 22.2 Å². The van der Waals surface area contributed by atoms with Crippen molar-refractivity contribution in [2.75, 3.05) is 0 Å². The molecule has 0 atom stereocenters. The second kappa shape index (κ2) is 2.31. The van der Waals surface area contributed by atoms with Crippen LogP contribution in [0.4, 0.5) is 0 Å². The summed E-state index contributed by atoms with van der Waals surface area (Å²) in [6.07, 6.45) is 3.54. The lowest BCUT2D eigenvalue weighted by Gasteiger charge is -1.79. The van der Waals surface area contributed by atoms with Crippen molar-refractivity contribution in [1.29, 1.82) is 0 Å². The van der Waals surface area contributed by atoms with E-state index < -0.39 is 0 Å². The lowest BCUT2D eigenvalue weighted by atomic mass is 10.5. The molecule has 9 heavy (non-hydrogen) atoms. The molecule has 0 fully saturated rings. The quantitative estimate of drug-likeness (QED) is 0.505. The second-order valence-electron chi connectivity index (χ2n) is 1.85. The van der Waals surface area contributed by atoms with Crippen LogP contribution in [-0.2, 0) is 13.6 Å². The third-order valence-corrected chi connectivity index (χ3v) is 0.999. The van der Waals surface area contributed by atoms with Crippen LogP contribution in [0.1, 0.15) is 5.69 Å². The van der Waals surface area contributed by atoms with Crippen LogP contribution in [0.25, 0.3) is 4.85 Å². The predicted octanol–water partition coefficient (Wildman–Crippen LogP) is 0.839. The third kappa shape index (κ3) is 1.29. The van der Waals surface area contributed by atoms with Crippen molar-refractivity contribution >= 4 is 0 Å². The summed E-state index contributed by atoms with van der Waals surface area (Å²) in [6.45, 7) is 6.91. The number of hydrogen-bond acceptors (Lipinski definition) is 1. The highest BCUT2D eigenvalue weighted by atomic mass is 15.0. The van der Waals surface area contributed by atoms with E-state index in [0.717, 1.165) is 5.69 Å². The maximum absolute atomic E-state index is 6.53. The maximum Gasteiger partial charge on any atom is 0.257 e. The zero-order valence-electron chi connectivity index (χ0n) is 5.20. The summed E-state index contributed by atoms with van der Waals surface area (Å²) in [5, 5.41) is 0. The van der Waals surface area contributed by atoms with Gasteiger partial charge >= 0.3 is 0 Å². The fourth-order valence-corrected chi connectivity index (χ4v) is 0.630. The summed E-state index contributed by atoms with van der Waals surface area (Å²) < 4.78 is 1.83. The Morgan fingerprint density at radius 2 is 2.67 bits per heavy atom. The highest BCUT2D eigenvalue weighted by Gasteiger charge is 1.95. The predicted molar refractivity (Wildman–Crippen MR) is 33.5 cm³/mol. The van der Waals surface area contributed by atoms with E-state index in [2.05, 4.69) is 9.83 Å². The summed E-state index contributed by atoms with van der Waals surface area (Å²) >= 11 is 0. The first-order valence-electron chi connectivity index (χ1n) is 2.63. The molecular formula is C6H7N3. The van der Waals surface area contributed by atoms with Gasteiger partial charge in [-0.05, 0) is 0 Å². The second-order valence-corrected chi connectivity index (χ2v) is 1.85. The van der Waals surface area contributed by atoms with Gasteiger partial charge in [-0.25, -0.2) is 11.6 Å². The van der Waals surface area contributed by atoms with Crippen molar-refractivity contribution in [3.05, 3.63) is 29.6 Å². The van der Waals surface area contributed by atoms with Gasteiger partial charge in [-0.3, -0.25) is 0 Å². The molecule has 1 heterocycles. The average molecular weight is 121 g/mol. The minimum Gasteiger partial charge on any atom is -0.340 e. The smallest absolute Gasteiger partial charge is 0.257 e. The lowest BCUT2D eigenvalue weighted by Crippen LogP contribution is -1.78. The van der Waals surface area contributed by atoms with Gasteiger partial charge in [0.1, 0.15) is 5.69 Å². The number of imidazole rings is 1. The maximum atomic E-state index is 6.53. The highest BCUT2D eigenvalue weighted by molar-refractivity contribution is 4.98. The number of rotatable bonds is 1. The van der Waals surface area contributed by atoms with Gasteiger partial charge in [0.15, 0.2) is 0 Å². The Kier molecular flexibility index (Phi) is 1.50. The van der Waals surface area contributed by atoms with E-state index in [1.54, 1.807) is 6.33 Å². The van der Waals surface area contributed by atoms with E-state index >= 15 is 0 Å². The van der Waals surface area contributed by atoms with Gasteiger partial charge in [-0.15, -0.1) is 0 Å².